The van der Waals surface area contributed by atoms with Gasteiger partial charge in [0, 0.05) is 24.6 Å². The summed E-state index contributed by atoms with van der Waals surface area (Å²) in [5.74, 6) is -1.81. The quantitative estimate of drug-likeness (QED) is 0.167. The highest BCUT2D eigenvalue weighted by Crippen LogP contribution is 2.48. The number of nitrogens with one attached hydrogen (secondary N) is 2. The molecule has 50 heavy (non-hydrogen) atoms. The maximum atomic E-state index is 14.4. The maximum Gasteiger partial charge on any atom is 0.511 e. The van der Waals surface area contributed by atoms with E-state index in [1.165, 1.54) is 49.4 Å². The van der Waals surface area contributed by atoms with Crippen molar-refractivity contribution in [3.8, 4) is 11.5 Å². The highest BCUT2D eigenvalue weighted by molar-refractivity contribution is 5.97. The lowest BCUT2D eigenvalue weighted by atomic mass is 9.74. The number of aromatic amines is 1. The van der Waals surface area contributed by atoms with Crippen LogP contribution >= 0.6 is 0 Å². The number of aryl methyl sites for hydroxylation is 1. The predicted molar refractivity (Wildman–Crippen MR) is 179 cm³/mol. The van der Waals surface area contributed by atoms with E-state index in [0.717, 1.165) is 0 Å². The Labute approximate surface area is 289 Å². The molecule has 0 spiro atoms. The average molecular weight is 695 g/mol. The van der Waals surface area contributed by atoms with Gasteiger partial charge in [0.05, 0.1) is 23.8 Å². The minimum Gasteiger partial charge on any atom is -0.451 e. The Morgan fingerprint density at radius 3 is 2.36 bits per heavy atom. The zero-order chi connectivity index (χ0) is 36.6. The van der Waals surface area contributed by atoms with E-state index in [0.29, 0.717) is 29.8 Å². The Morgan fingerprint density at radius 2 is 1.72 bits per heavy atom. The van der Waals surface area contributed by atoms with Crippen LogP contribution in [0.2, 0.25) is 0 Å². The Kier molecular flexibility index (Phi) is 12.3. The van der Waals surface area contributed by atoms with Crippen molar-refractivity contribution in [2.45, 2.75) is 91.6 Å². The summed E-state index contributed by atoms with van der Waals surface area (Å²) in [7, 11) is 0. The van der Waals surface area contributed by atoms with E-state index in [1.807, 2.05) is 13.8 Å². The van der Waals surface area contributed by atoms with Crippen LogP contribution in [-0.2, 0) is 23.8 Å². The Bertz CT molecular complexity index is 1740. The summed E-state index contributed by atoms with van der Waals surface area (Å²) in [5, 5.41) is 8.90. The number of rotatable bonds is 13. The number of carbonyl (C=O) groups is 4. The fraction of sp³-hybridized carbons (Fsp3) is 0.444. The first kappa shape index (κ1) is 37.5. The van der Waals surface area contributed by atoms with Crippen LogP contribution in [0.5, 0.6) is 11.5 Å². The van der Waals surface area contributed by atoms with Crippen LogP contribution in [0, 0.1) is 18.2 Å². The standard InChI is InChI=1S/C36H43FN4O9/c1-7-36(8-2,34(45)48-23(6)49-35(46)47-9-3)30-18-17-28(25-11-10-12-26(37)20-25)41(30)33(44)22(5)38-31(42)24-13-15-27(16-14-24)50-29-19-21(4)39-40-32(29)43/h10-16,19-20,22-23,28,30H,7-9,17-18H2,1-6H3,(H,38,42)(H,40,43)/t22-,23?,28+,30-/m1/s1. The number of nitrogens with zero attached hydrogens (tertiary/aromatic N) is 2. The highest BCUT2D eigenvalue weighted by Gasteiger charge is 2.54. The number of hydrogen-bond donors (Lipinski definition) is 2. The molecule has 0 bridgehead atoms. The van der Waals surface area contributed by atoms with Crippen molar-refractivity contribution in [3.05, 3.63) is 87.6 Å². The molecule has 14 heteroatoms. The van der Waals surface area contributed by atoms with Gasteiger partial charge in [-0.15, -0.1) is 0 Å². The second-order valence-electron chi connectivity index (χ2n) is 12.1. The summed E-state index contributed by atoms with van der Waals surface area (Å²) in [6, 6.07) is 11.1. The van der Waals surface area contributed by atoms with Crippen molar-refractivity contribution in [1.82, 2.24) is 20.4 Å². The second kappa shape index (κ2) is 16.4. The zero-order valence-electron chi connectivity index (χ0n) is 29.0. The lowest BCUT2D eigenvalue weighted by Crippen LogP contribution is -2.56. The minimum absolute atomic E-state index is 0.0436. The number of H-pyrrole nitrogens is 1. The molecule has 2 amide bonds. The van der Waals surface area contributed by atoms with E-state index in [1.54, 1.807) is 37.8 Å². The molecule has 1 saturated heterocycles. The SMILES string of the molecule is CCOC(=O)OC(C)OC(=O)C(CC)(CC)[C@H]1CC[C@@H](c2cccc(F)c2)N1C(=O)[C@@H](C)NC(=O)c1ccc(Oc2cc(C)n[nH]c2=O)cc1. The normalized spacial score (nSPS) is 17.0. The second-order valence-corrected chi connectivity index (χ2v) is 12.1. The monoisotopic (exact) mass is 694 g/mol. The number of hydrogen-bond acceptors (Lipinski definition) is 10. The van der Waals surface area contributed by atoms with Crippen molar-refractivity contribution < 1.29 is 42.5 Å². The lowest BCUT2D eigenvalue weighted by Gasteiger charge is -2.43. The van der Waals surface area contributed by atoms with Gasteiger partial charge in [-0.3, -0.25) is 19.2 Å². The molecule has 4 rings (SSSR count). The smallest absolute Gasteiger partial charge is 0.451 e. The van der Waals surface area contributed by atoms with E-state index >= 15 is 0 Å². The fourth-order valence-electron chi connectivity index (χ4n) is 6.35. The highest BCUT2D eigenvalue weighted by atomic mass is 19.1. The summed E-state index contributed by atoms with van der Waals surface area (Å²) < 4.78 is 35.5. The average Bonchev–Trinajstić information content (AvgIpc) is 3.52. The number of likely N-dealkylation sites (tertiary alicyclic amines) is 1. The first-order chi connectivity index (χ1) is 23.8. The molecule has 1 unspecified atom stereocenters. The predicted octanol–water partition coefficient (Wildman–Crippen LogP) is 5.73. The van der Waals surface area contributed by atoms with Crippen LogP contribution in [0.1, 0.15) is 88.0 Å². The minimum atomic E-state index is -1.26. The number of carbonyl (C=O) groups excluding carboxylic acids is 4. The summed E-state index contributed by atoms with van der Waals surface area (Å²) >= 11 is 0. The number of amides is 2. The molecule has 0 saturated carbocycles. The molecule has 0 aliphatic carbocycles. The molecule has 1 aliphatic heterocycles. The zero-order valence-corrected chi connectivity index (χ0v) is 29.0. The van der Waals surface area contributed by atoms with Crippen molar-refractivity contribution in [1.29, 1.82) is 0 Å². The molecule has 268 valence electrons. The molecule has 2 heterocycles. The van der Waals surface area contributed by atoms with Gasteiger partial charge in [0.2, 0.25) is 12.2 Å². The van der Waals surface area contributed by atoms with Crippen LogP contribution in [0.3, 0.4) is 0 Å². The number of benzene rings is 2. The number of aromatic nitrogens is 2. The topological polar surface area (TPSA) is 166 Å². The molecule has 3 aromatic rings. The third-order valence-electron chi connectivity index (χ3n) is 8.94. The Hall–Kier alpha value is -5.27. The van der Waals surface area contributed by atoms with Gasteiger partial charge in [-0.1, -0.05) is 26.0 Å². The molecule has 13 nitrogen and oxygen atoms in total. The molecule has 1 fully saturated rings. The van der Waals surface area contributed by atoms with Gasteiger partial charge in [-0.2, -0.15) is 5.10 Å². The lowest BCUT2D eigenvalue weighted by molar-refractivity contribution is -0.185. The summed E-state index contributed by atoms with van der Waals surface area (Å²) in [4.78, 5) is 67.0. The van der Waals surface area contributed by atoms with Crippen LogP contribution < -0.4 is 15.6 Å². The van der Waals surface area contributed by atoms with E-state index < -0.39 is 65.1 Å². The van der Waals surface area contributed by atoms with Gasteiger partial charge in [-0.05, 0) is 88.4 Å². The van der Waals surface area contributed by atoms with E-state index in [9.17, 15) is 28.4 Å². The molecule has 0 radical (unpaired) electrons. The van der Waals surface area contributed by atoms with E-state index in [4.69, 9.17) is 18.9 Å². The fourth-order valence-corrected chi connectivity index (χ4v) is 6.35. The van der Waals surface area contributed by atoms with Crippen LogP contribution in [0.4, 0.5) is 9.18 Å². The first-order valence-electron chi connectivity index (χ1n) is 16.6. The van der Waals surface area contributed by atoms with Crippen LogP contribution in [0.15, 0.2) is 59.4 Å². The largest absolute Gasteiger partial charge is 0.511 e. The van der Waals surface area contributed by atoms with Gasteiger partial charge < -0.3 is 29.2 Å². The van der Waals surface area contributed by atoms with Crippen molar-refractivity contribution in [3.63, 3.8) is 0 Å². The van der Waals surface area contributed by atoms with Gasteiger partial charge in [0.15, 0.2) is 5.75 Å². The maximum absolute atomic E-state index is 14.4. The summed E-state index contributed by atoms with van der Waals surface area (Å²) in [6.07, 6.45) is -0.878. The number of halogens is 1. The molecule has 1 aromatic heterocycles. The molecule has 2 aromatic carbocycles. The van der Waals surface area contributed by atoms with Crippen molar-refractivity contribution in [2.24, 2.45) is 5.41 Å². The molecule has 1 aliphatic rings. The van der Waals surface area contributed by atoms with Crippen LogP contribution in [0.25, 0.3) is 0 Å². The molecule has 2 N–H and O–H groups in total. The van der Waals surface area contributed by atoms with E-state index in [-0.39, 0.29) is 30.8 Å². The Balaban J connectivity index is 1.58. The van der Waals surface area contributed by atoms with Crippen molar-refractivity contribution in [2.75, 3.05) is 6.61 Å². The van der Waals surface area contributed by atoms with Crippen LogP contribution in [-0.4, -0.2) is 64.0 Å². The number of ether oxygens (including phenoxy) is 4. The Morgan fingerprint density at radius 1 is 1.02 bits per heavy atom. The van der Waals surface area contributed by atoms with Gasteiger partial charge >= 0.3 is 17.7 Å². The van der Waals surface area contributed by atoms with Crippen molar-refractivity contribution >= 4 is 23.9 Å². The first-order valence-corrected chi connectivity index (χ1v) is 16.6. The van der Waals surface area contributed by atoms with Gasteiger partial charge in [0.25, 0.3) is 5.91 Å². The molecular weight excluding hydrogens is 651 g/mol. The third kappa shape index (κ3) is 8.47. The summed E-state index contributed by atoms with van der Waals surface area (Å²) in [6.45, 7) is 9.95. The summed E-state index contributed by atoms with van der Waals surface area (Å²) in [5.41, 5.74) is -0.402. The van der Waals surface area contributed by atoms with Gasteiger partial charge in [-0.25, -0.2) is 14.3 Å². The molecular formula is C36H43FN4O9. The van der Waals surface area contributed by atoms with Gasteiger partial charge in [0.1, 0.15) is 17.6 Å². The number of esters is 1. The molecule has 4 atom stereocenters. The third-order valence-corrected chi connectivity index (χ3v) is 8.94. The van der Waals surface area contributed by atoms with E-state index in [2.05, 4.69) is 15.5 Å².